The van der Waals surface area contributed by atoms with Gasteiger partial charge in [0, 0.05) is 16.3 Å². The molecule has 0 bridgehead atoms. The smallest absolute Gasteiger partial charge is 0.231 e. The molecule has 0 radical (unpaired) electrons. The minimum absolute atomic E-state index is 0.0769. The molecule has 28 heavy (non-hydrogen) atoms. The van der Waals surface area contributed by atoms with Crippen LogP contribution in [0, 0.1) is 0 Å². The largest absolute Gasteiger partial charge is 0.467 e. The van der Waals surface area contributed by atoms with Crippen molar-refractivity contribution >= 4 is 28.4 Å². The molecule has 2 aromatic carbocycles. The Hall–Kier alpha value is -3.12. The lowest BCUT2D eigenvalue weighted by atomic mass is 10.1. The second-order valence-electron chi connectivity index (χ2n) is 6.36. The number of benzene rings is 2. The zero-order valence-electron chi connectivity index (χ0n) is 15.3. The summed E-state index contributed by atoms with van der Waals surface area (Å²) in [4.78, 5) is 12.3. The summed E-state index contributed by atoms with van der Waals surface area (Å²) in [6.07, 6.45) is 1.60. The minimum Gasteiger partial charge on any atom is -0.467 e. The Bertz CT molecular complexity index is 1080. The van der Waals surface area contributed by atoms with Crippen LogP contribution in [0.25, 0.3) is 22.0 Å². The van der Waals surface area contributed by atoms with Gasteiger partial charge in [0.05, 0.1) is 18.1 Å². The molecule has 1 N–H and O–H groups in total. The van der Waals surface area contributed by atoms with Gasteiger partial charge in [0.15, 0.2) is 0 Å². The lowest BCUT2D eigenvalue weighted by molar-refractivity contribution is -0.119. The van der Waals surface area contributed by atoms with Gasteiger partial charge in [0.1, 0.15) is 16.5 Å². The first-order chi connectivity index (χ1) is 13.7. The van der Waals surface area contributed by atoms with Crippen molar-refractivity contribution in [2.75, 3.05) is 5.75 Å². The van der Waals surface area contributed by atoms with Gasteiger partial charge in [-0.05, 0) is 19.1 Å². The summed E-state index contributed by atoms with van der Waals surface area (Å²) < 4.78 is 5.33. The van der Waals surface area contributed by atoms with Crippen LogP contribution in [0.4, 0.5) is 0 Å². The molecule has 5 nitrogen and oxygen atoms in total. The van der Waals surface area contributed by atoms with Crippen LogP contribution in [0.15, 0.2) is 82.4 Å². The predicted molar refractivity (Wildman–Crippen MR) is 111 cm³/mol. The fraction of sp³-hybridized carbons (Fsp3) is 0.136. The first kappa shape index (κ1) is 18.3. The molecule has 0 aliphatic carbocycles. The molecule has 0 aliphatic rings. The van der Waals surface area contributed by atoms with E-state index in [1.54, 1.807) is 6.26 Å². The standard InChI is InChI=1S/C22H19N3O2S/c1-15(19-12-7-13-27-19)23-20(26)14-28-22-18-11-6-5-10-17(18)21(24-25-22)16-8-3-2-4-9-16/h2-13,15H,14H2,1H3,(H,23,26)/t15-/m0/s1. The van der Waals surface area contributed by atoms with Gasteiger partial charge in [-0.3, -0.25) is 4.79 Å². The van der Waals surface area contributed by atoms with Gasteiger partial charge in [-0.25, -0.2) is 0 Å². The molecule has 1 atom stereocenters. The number of carbonyl (C=O) groups excluding carboxylic acids is 1. The Labute approximate surface area is 167 Å². The zero-order chi connectivity index (χ0) is 19.3. The number of amides is 1. The highest BCUT2D eigenvalue weighted by molar-refractivity contribution is 8.00. The normalized spacial score (nSPS) is 12.0. The Morgan fingerprint density at radius 1 is 1.00 bits per heavy atom. The number of fused-ring (bicyclic) bond motifs is 1. The molecule has 0 aliphatic heterocycles. The van der Waals surface area contributed by atoms with Crippen molar-refractivity contribution in [3.8, 4) is 11.3 Å². The highest BCUT2D eigenvalue weighted by atomic mass is 32.2. The Morgan fingerprint density at radius 3 is 2.50 bits per heavy atom. The predicted octanol–water partition coefficient (Wildman–Crippen LogP) is 4.86. The average Bonchev–Trinajstić information content (AvgIpc) is 3.28. The van der Waals surface area contributed by atoms with Gasteiger partial charge < -0.3 is 9.73 Å². The van der Waals surface area contributed by atoms with E-state index < -0.39 is 0 Å². The summed E-state index contributed by atoms with van der Waals surface area (Å²) >= 11 is 1.38. The molecular weight excluding hydrogens is 370 g/mol. The number of hydrogen-bond donors (Lipinski definition) is 1. The minimum atomic E-state index is -0.175. The SMILES string of the molecule is C[C@H](NC(=O)CSc1nnc(-c2ccccc2)c2ccccc12)c1ccco1. The molecule has 0 saturated heterocycles. The molecule has 140 valence electrons. The summed E-state index contributed by atoms with van der Waals surface area (Å²) in [5.74, 6) is 0.914. The highest BCUT2D eigenvalue weighted by Gasteiger charge is 2.15. The number of nitrogens with zero attached hydrogens (tertiary/aromatic N) is 2. The van der Waals surface area contributed by atoms with Gasteiger partial charge in [-0.2, -0.15) is 0 Å². The third-order valence-electron chi connectivity index (χ3n) is 4.39. The number of nitrogens with one attached hydrogen (secondary N) is 1. The average molecular weight is 389 g/mol. The summed E-state index contributed by atoms with van der Waals surface area (Å²) in [5.41, 5.74) is 1.87. The zero-order valence-corrected chi connectivity index (χ0v) is 16.1. The molecule has 4 rings (SSSR count). The molecule has 1 amide bonds. The van der Waals surface area contributed by atoms with Crippen molar-refractivity contribution in [3.63, 3.8) is 0 Å². The topological polar surface area (TPSA) is 68.0 Å². The lowest BCUT2D eigenvalue weighted by Crippen LogP contribution is -2.27. The van der Waals surface area contributed by atoms with Crippen molar-refractivity contribution in [3.05, 3.63) is 78.8 Å². The van der Waals surface area contributed by atoms with E-state index >= 15 is 0 Å². The fourth-order valence-electron chi connectivity index (χ4n) is 3.02. The van der Waals surface area contributed by atoms with Crippen LogP contribution >= 0.6 is 11.8 Å². The Kier molecular flexibility index (Phi) is 5.39. The van der Waals surface area contributed by atoms with E-state index in [2.05, 4.69) is 15.5 Å². The number of carbonyl (C=O) groups is 1. The molecule has 2 heterocycles. The summed E-state index contributed by atoms with van der Waals surface area (Å²) in [6.45, 7) is 1.89. The van der Waals surface area contributed by atoms with Crippen LogP contribution < -0.4 is 5.32 Å². The van der Waals surface area contributed by atoms with Gasteiger partial charge >= 0.3 is 0 Å². The third-order valence-corrected chi connectivity index (χ3v) is 5.37. The van der Waals surface area contributed by atoms with E-state index in [1.807, 2.05) is 73.7 Å². The molecule has 0 unspecified atom stereocenters. The van der Waals surface area contributed by atoms with Crippen molar-refractivity contribution in [1.29, 1.82) is 0 Å². The van der Waals surface area contributed by atoms with Gasteiger partial charge in [0.2, 0.25) is 5.91 Å². The number of rotatable bonds is 6. The number of aromatic nitrogens is 2. The van der Waals surface area contributed by atoms with E-state index in [0.29, 0.717) is 0 Å². The third kappa shape index (κ3) is 3.92. The molecule has 6 heteroatoms. The van der Waals surface area contributed by atoms with Crippen molar-refractivity contribution < 1.29 is 9.21 Å². The number of hydrogen-bond acceptors (Lipinski definition) is 5. The van der Waals surface area contributed by atoms with Crippen LogP contribution in [-0.2, 0) is 4.79 Å². The molecule has 0 saturated carbocycles. The van der Waals surface area contributed by atoms with Gasteiger partial charge in [-0.15, -0.1) is 10.2 Å². The van der Waals surface area contributed by atoms with Crippen LogP contribution in [-0.4, -0.2) is 21.9 Å². The fourth-order valence-corrected chi connectivity index (χ4v) is 3.80. The summed E-state index contributed by atoms with van der Waals surface area (Å²) in [6, 6.07) is 21.5. The van der Waals surface area contributed by atoms with E-state index in [9.17, 15) is 4.79 Å². The first-order valence-corrected chi connectivity index (χ1v) is 9.97. The van der Waals surface area contributed by atoms with Crippen LogP contribution in [0.2, 0.25) is 0 Å². The lowest BCUT2D eigenvalue weighted by Gasteiger charge is -2.12. The molecular formula is C22H19N3O2S. The van der Waals surface area contributed by atoms with Gasteiger partial charge in [0.25, 0.3) is 0 Å². The maximum absolute atomic E-state index is 12.3. The second kappa shape index (κ2) is 8.27. The highest BCUT2D eigenvalue weighted by Crippen LogP contribution is 2.31. The second-order valence-corrected chi connectivity index (χ2v) is 7.32. The molecule has 0 spiro atoms. The molecule has 0 fully saturated rings. The Morgan fingerprint density at radius 2 is 1.75 bits per heavy atom. The van der Waals surface area contributed by atoms with Crippen LogP contribution in [0.1, 0.15) is 18.7 Å². The van der Waals surface area contributed by atoms with Crippen molar-refractivity contribution in [1.82, 2.24) is 15.5 Å². The maximum Gasteiger partial charge on any atom is 0.231 e. The van der Waals surface area contributed by atoms with Gasteiger partial charge in [-0.1, -0.05) is 66.4 Å². The van der Waals surface area contributed by atoms with E-state index in [4.69, 9.17) is 4.42 Å². The summed E-state index contributed by atoms with van der Waals surface area (Å²) in [7, 11) is 0. The quantitative estimate of drug-likeness (QED) is 0.477. The summed E-state index contributed by atoms with van der Waals surface area (Å²) in [5, 5.41) is 14.5. The molecule has 2 aromatic heterocycles. The van der Waals surface area contributed by atoms with E-state index in [0.717, 1.165) is 32.8 Å². The first-order valence-electron chi connectivity index (χ1n) is 8.99. The Balaban J connectivity index is 1.53. The van der Waals surface area contributed by atoms with Crippen molar-refractivity contribution in [2.45, 2.75) is 18.0 Å². The number of thioether (sulfide) groups is 1. The monoisotopic (exact) mass is 389 g/mol. The number of furan rings is 1. The van der Waals surface area contributed by atoms with Crippen molar-refractivity contribution in [2.24, 2.45) is 0 Å². The van der Waals surface area contributed by atoms with E-state index in [-0.39, 0.29) is 17.7 Å². The molecule has 4 aromatic rings. The van der Waals surface area contributed by atoms with Crippen LogP contribution in [0.5, 0.6) is 0 Å². The maximum atomic E-state index is 12.3. The van der Waals surface area contributed by atoms with Crippen LogP contribution in [0.3, 0.4) is 0 Å². The van der Waals surface area contributed by atoms with E-state index in [1.165, 1.54) is 11.8 Å².